The van der Waals surface area contributed by atoms with E-state index < -0.39 is 0 Å². The summed E-state index contributed by atoms with van der Waals surface area (Å²) < 4.78 is 7.89. The lowest BCUT2D eigenvalue weighted by atomic mass is 10.0. The molecule has 2 rings (SSSR count). The van der Waals surface area contributed by atoms with Gasteiger partial charge in [0.05, 0.1) is 5.56 Å². The molecule has 110 valence electrons. The molecule has 0 saturated heterocycles. The Labute approximate surface area is 141 Å². The van der Waals surface area contributed by atoms with Gasteiger partial charge < -0.3 is 4.74 Å². The third kappa shape index (κ3) is 3.95. The van der Waals surface area contributed by atoms with E-state index in [0.717, 1.165) is 20.3 Å². The van der Waals surface area contributed by atoms with Crippen molar-refractivity contribution in [1.82, 2.24) is 0 Å². The lowest BCUT2D eigenvalue weighted by Gasteiger charge is -2.16. The van der Waals surface area contributed by atoms with Crippen LogP contribution in [0.25, 0.3) is 0 Å². The summed E-state index contributed by atoms with van der Waals surface area (Å²) in [5.74, 6) is 1.66. The third-order valence-corrected chi connectivity index (χ3v) is 4.12. The summed E-state index contributed by atoms with van der Waals surface area (Å²) in [7, 11) is 0. The van der Waals surface area contributed by atoms with Gasteiger partial charge in [-0.05, 0) is 54.8 Å². The first kappa shape index (κ1) is 16.2. The summed E-state index contributed by atoms with van der Waals surface area (Å²) in [5, 5.41) is 0. The van der Waals surface area contributed by atoms with Crippen molar-refractivity contribution in [1.29, 1.82) is 0 Å². The van der Waals surface area contributed by atoms with Crippen LogP contribution in [0.5, 0.6) is 11.5 Å². The number of hydrogen-bond donors (Lipinski definition) is 0. The van der Waals surface area contributed by atoms with Crippen molar-refractivity contribution < 1.29 is 9.53 Å². The highest BCUT2D eigenvalue weighted by atomic mass is 79.9. The number of ketones is 1. The molecule has 0 saturated carbocycles. The number of halogens is 2. The normalized spacial score (nSPS) is 10.8. The van der Waals surface area contributed by atoms with Crippen molar-refractivity contribution in [2.24, 2.45) is 0 Å². The first-order chi connectivity index (χ1) is 9.88. The molecule has 0 spiro atoms. The number of carbonyl (C=O) groups is 1. The van der Waals surface area contributed by atoms with E-state index in [-0.39, 0.29) is 5.78 Å². The van der Waals surface area contributed by atoms with Crippen molar-refractivity contribution in [3.05, 3.63) is 56.5 Å². The van der Waals surface area contributed by atoms with Crippen LogP contribution in [0.1, 0.15) is 42.6 Å². The van der Waals surface area contributed by atoms with Gasteiger partial charge in [-0.1, -0.05) is 45.7 Å². The first-order valence-corrected chi connectivity index (χ1v) is 8.25. The minimum absolute atomic E-state index is 0.0190. The van der Waals surface area contributed by atoms with Crippen LogP contribution in [-0.4, -0.2) is 5.78 Å². The van der Waals surface area contributed by atoms with Crippen molar-refractivity contribution in [3.63, 3.8) is 0 Å². The number of hydrogen-bond acceptors (Lipinski definition) is 2. The van der Waals surface area contributed by atoms with E-state index in [0.29, 0.717) is 17.2 Å². The number of benzene rings is 2. The molecular formula is C17H16Br2O2. The second kappa shape index (κ2) is 6.75. The monoisotopic (exact) mass is 410 g/mol. The molecule has 4 heteroatoms. The zero-order valence-corrected chi connectivity index (χ0v) is 15.3. The minimum Gasteiger partial charge on any atom is -0.456 e. The third-order valence-electron chi connectivity index (χ3n) is 3.13. The largest absolute Gasteiger partial charge is 0.456 e. The molecule has 2 aromatic carbocycles. The number of Topliss-reactive ketones (excluding diaryl/α,β-unsaturated/α-hetero) is 1. The van der Waals surface area contributed by atoms with Crippen LogP contribution in [0.2, 0.25) is 0 Å². The van der Waals surface area contributed by atoms with E-state index in [1.54, 1.807) is 13.0 Å². The molecule has 2 nitrogen and oxygen atoms in total. The van der Waals surface area contributed by atoms with Crippen molar-refractivity contribution >= 4 is 37.6 Å². The maximum absolute atomic E-state index is 11.8. The summed E-state index contributed by atoms with van der Waals surface area (Å²) >= 11 is 6.86. The summed E-state index contributed by atoms with van der Waals surface area (Å²) in [6, 6.07) is 11.4. The number of carbonyl (C=O) groups excluding carboxylic acids is 1. The topological polar surface area (TPSA) is 26.3 Å². The van der Waals surface area contributed by atoms with Crippen LogP contribution < -0.4 is 4.74 Å². The fraction of sp³-hybridized carbons (Fsp3) is 0.235. The Balaban J connectivity index is 2.46. The van der Waals surface area contributed by atoms with Gasteiger partial charge in [0.25, 0.3) is 0 Å². The Morgan fingerprint density at radius 3 is 2.14 bits per heavy atom. The molecule has 0 amide bonds. The van der Waals surface area contributed by atoms with Gasteiger partial charge in [-0.15, -0.1) is 0 Å². The summed E-state index contributed by atoms with van der Waals surface area (Å²) in [5.41, 5.74) is 1.67. The molecule has 0 bridgehead atoms. The summed E-state index contributed by atoms with van der Waals surface area (Å²) in [6.45, 7) is 5.77. The maximum Gasteiger partial charge on any atom is 0.163 e. The van der Waals surface area contributed by atoms with Gasteiger partial charge in [0, 0.05) is 8.95 Å². The van der Waals surface area contributed by atoms with E-state index in [9.17, 15) is 4.79 Å². The maximum atomic E-state index is 11.8. The molecule has 2 aromatic rings. The molecule has 0 N–H and O–H groups in total. The molecule has 0 fully saturated rings. The van der Waals surface area contributed by atoms with Crippen LogP contribution >= 0.6 is 31.9 Å². The molecule has 0 heterocycles. The van der Waals surface area contributed by atoms with Gasteiger partial charge in [0.2, 0.25) is 0 Å². The van der Waals surface area contributed by atoms with E-state index in [1.165, 1.54) is 0 Å². The molecule has 0 atom stereocenters. The van der Waals surface area contributed by atoms with Gasteiger partial charge >= 0.3 is 0 Å². The van der Waals surface area contributed by atoms with Crippen LogP contribution in [0.4, 0.5) is 0 Å². The van der Waals surface area contributed by atoms with Crippen LogP contribution in [0, 0.1) is 0 Å². The fourth-order valence-corrected chi connectivity index (χ4v) is 2.79. The van der Waals surface area contributed by atoms with E-state index in [2.05, 4.69) is 45.7 Å². The highest BCUT2D eigenvalue weighted by Gasteiger charge is 2.14. The molecule has 21 heavy (non-hydrogen) atoms. The molecule has 0 aliphatic heterocycles. The molecular weight excluding hydrogens is 396 g/mol. The lowest BCUT2D eigenvalue weighted by molar-refractivity contribution is 0.101. The van der Waals surface area contributed by atoms with Crippen molar-refractivity contribution in [2.75, 3.05) is 0 Å². The van der Waals surface area contributed by atoms with Crippen molar-refractivity contribution in [3.8, 4) is 11.5 Å². The Hall–Kier alpha value is -1.13. The lowest BCUT2D eigenvalue weighted by Crippen LogP contribution is -1.99. The van der Waals surface area contributed by atoms with Gasteiger partial charge in [-0.2, -0.15) is 0 Å². The zero-order chi connectivity index (χ0) is 15.6. The second-order valence-corrected chi connectivity index (χ2v) is 6.97. The SMILES string of the molecule is CC(=O)c1cc(Br)ccc1Oc1ccc(Br)cc1C(C)C. The fourth-order valence-electron chi connectivity index (χ4n) is 2.05. The number of rotatable bonds is 4. The van der Waals surface area contributed by atoms with E-state index in [4.69, 9.17) is 4.74 Å². The smallest absolute Gasteiger partial charge is 0.163 e. The van der Waals surface area contributed by atoms with Gasteiger partial charge in [-0.3, -0.25) is 4.79 Å². The zero-order valence-electron chi connectivity index (χ0n) is 12.1. The first-order valence-electron chi connectivity index (χ1n) is 6.66. The van der Waals surface area contributed by atoms with Crippen molar-refractivity contribution in [2.45, 2.75) is 26.7 Å². The molecule has 0 aromatic heterocycles. The van der Waals surface area contributed by atoms with Crippen LogP contribution in [0.15, 0.2) is 45.3 Å². The summed E-state index contributed by atoms with van der Waals surface area (Å²) in [4.78, 5) is 11.8. The standard InChI is InChI=1S/C17H16Br2O2/c1-10(2)14-8-12(18)4-6-16(14)21-17-7-5-13(19)9-15(17)11(3)20/h4-10H,1-3H3. The average molecular weight is 412 g/mol. The minimum atomic E-state index is -0.0190. The van der Waals surface area contributed by atoms with Gasteiger partial charge in [0.15, 0.2) is 5.78 Å². The molecule has 0 aliphatic rings. The molecule has 0 radical (unpaired) electrons. The van der Waals surface area contributed by atoms with E-state index in [1.807, 2.05) is 30.3 Å². The van der Waals surface area contributed by atoms with Gasteiger partial charge in [-0.25, -0.2) is 0 Å². The molecule has 0 aliphatic carbocycles. The predicted octanol–water partition coefficient (Wildman–Crippen LogP) is 6.33. The Bertz CT molecular complexity index is 678. The molecule has 0 unspecified atom stereocenters. The highest BCUT2D eigenvalue weighted by Crippen LogP contribution is 2.35. The second-order valence-electron chi connectivity index (χ2n) is 5.14. The van der Waals surface area contributed by atoms with E-state index >= 15 is 0 Å². The summed E-state index contributed by atoms with van der Waals surface area (Å²) in [6.07, 6.45) is 0. The Morgan fingerprint density at radius 1 is 1.00 bits per heavy atom. The number of ether oxygens (including phenoxy) is 1. The quantitative estimate of drug-likeness (QED) is 0.549. The predicted molar refractivity (Wildman–Crippen MR) is 92.5 cm³/mol. The van der Waals surface area contributed by atoms with Crippen LogP contribution in [-0.2, 0) is 0 Å². The Kier molecular flexibility index (Phi) is 5.22. The highest BCUT2D eigenvalue weighted by molar-refractivity contribution is 9.10. The van der Waals surface area contributed by atoms with Crippen LogP contribution in [0.3, 0.4) is 0 Å². The Morgan fingerprint density at radius 2 is 1.57 bits per heavy atom. The average Bonchev–Trinajstić information content (AvgIpc) is 2.42. The van der Waals surface area contributed by atoms with Gasteiger partial charge in [0.1, 0.15) is 11.5 Å².